The average molecular weight is 371 g/mol. The van der Waals surface area contributed by atoms with Crippen molar-refractivity contribution < 1.29 is 14.0 Å². The predicted molar refractivity (Wildman–Crippen MR) is 98.0 cm³/mol. The van der Waals surface area contributed by atoms with E-state index in [4.69, 9.17) is 5.73 Å². The zero-order valence-electron chi connectivity index (χ0n) is 15.6. The summed E-state index contributed by atoms with van der Waals surface area (Å²) in [4.78, 5) is 27.0. The summed E-state index contributed by atoms with van der Waals surface area (Å²) in [5.41, 5.74) is 5.21. The van der Waals surface area contributed by atoms with Crippen LogP contribution in [0.15, 0.2) is 24.3 Å². The maximum Gasteiger partial charge on any atom is 0.318 e. The smallest absolute Gasteiger partial charge is 0.318 e. The van der Waals surface area contributed by atoms with Crippen molar-refractivity contribution in [3.8, 4) is 0 Å². The van der Waals surface area contributed by atoms with Gasteiger partial charge in [0.1, 0.15) is 5.82 Å². The number of carbonyl (C=O) groups is 2. The van der Waals surface area contributed by atoms with Gasteiger partial charge in [-0.15, -0.1) is 0 Å². The van der Waals surface area contributed by atoms with Crippen LogP contribution in [0.25, 0.3) is 0 Å². The van der Waals surface area contributed by atoms with Crippen LogP contribution >= 0.6 is 0 Å². The van der Waals surface area contributed by atoms with E-state index in [0.29, 0.717) is 29.9 Å². The van der Waals surface area contributed by atoms with Crippen molar-refractivity contribution in [2.75, 3.05) is 6.54 Å². The molecule has 3 N–H and O–H groups in total. The van der Waals surface area contributed by atoms with Gasteiger partial charge in [0, 0.05) is 23.6 Å². The van der Waals surface area contributed by atoms with E-state index in [0.717, 1.165) is 32.1 Å². The third-order valence-electron chi connectivity index (χ3n) is 7.70. The first-order chi connectivity index (χ1) is 12.8. The Morgan fingerprint density at radius 3 is 2.52 bits per heavy atom. The summed E-state index contributed by atoms with van der Waals surface area (Å²) in [5, 5.41) is 3.03. The van der Waals surface area contributed by atoms with Crippen LogP contribution in [0.5, 0.6) is 0 Å². The number of halogens is 1. The molecule has 4 saturated carbocycles. The van der Waals surface area contributed by atoms with Crippen molar-refractivity contribution >= 4 is 11.9 Å². The minimum atomic E-state index is -0.738. The molecule has 6 heteroatoms. The number of hydrogen-bond donors (Lipinski definition) is 2. The number of carbonyl (C=O) groups excluding carboxylic acids is 2. The maximum atomic E-state index is 14.4. The molecule has 3 atom stereocenters. The lowest BCUT2D eigenvalue weighted by molar-refractivity contribution is -0.150. The first-order valence-corrected chi connectivity index (χ1v) is 9.95. The van der Waals surface area contributed by atoms with E-state index in [1.165, 1.54) is 6.07 Å². The molecular formula is C21H26FN3O2. The van der Waals surface area contributed by atoms with E-state index in [-0.39, 0.29) is 29.2 Å². The van der Waals surface area contributed by atoms with Crippen molar-refractivity contribution in [3.63, 3.8) is 0 Å². The lowest BCUT2D eigenvalue weighted by atomic mass is 9.47. The molecule has 4 aliphatic carbocycles. The Bertz CT molecular complexity index is 811. The maximum absolute atomic E-state index is 14.4. The Morgan fingerprint density at radius 2 is 1.89 bits per heavy atom. The van der Waals surface area contributed by atoms with Crippen molar-refractivity contribution in [1.29, 1.82) is 0 Å². The Morgan fingerprint density at radius 1 is 1.22 bits per heavy atom. The second-order valence-electron chi connectivity index (χ2n) is 9.48. The summed E-state index contributed by atoms with van der Waals surface area (Å²) in [6.07, 6.45) is 4.63. The monoisotopic (exact) mass is 371 g/mol. The molecule has 1 aromatic rings. The minimum absolute atomic E-state index is 0.119. The summed E-state index contributed by atoms with van der Waals surface area (Å²) < 4.78 is 14.4. The Labute approximate surface area is 158 Å². The molecule has 4 bridgehead atoms. The molecule has 1 heterocycles. The molecule has 1 aromatic carbocycles. The number of primary amides is 1. The van der Waals surface area contributed by atoms with Crippen LogP contribution in [-0.4, -0.2) is 29.4 Å². The molecule has 27 heavy (non-hydrogen) atoms. The van der Waals surface area contributed by atoms with Crippen LogP contribution in [0.4, 0.5) is 9.18 Å². The quantitative estimate of drug-likeness (QED) is 0.857. The number of urea groups is 1. The lowest BCUT2D eigenvalue weighted by Crippen LogP contribution is -2.62. The van der Waals surface area contributed by atoms with Gasteiger partial charge < -0.3 is 16.0 Å². The fraction of sp³-hybridized carbons (Fsp3) is 0.619. The Kier molecular flexibility index (Phi) is 3.44. The number of nitrogens with one attached hydrogen (secondary N) is 1. The van der Waals surface area contributed by atoms with Gasteiger partial charge in [0.05, 0.1) is 5.54 Å². The molecule has 5 fully saturated rings. The fourth-order valence-corrected chi connectivity index (χ4v) is 6.87. The van der Waals surface area contributed by atoms with Crippen molar-refractivity contribution in [1.82, 2.24) is 10.2 Å². The summed E-state index contributed by atoms with van der Waals surface area (Å²) in [5.74, 6) is 0.729. The highest BCUT2D eigenvalue weighted by Gasteiger charge is 2.61. The zero-order chi connectivity index (χ0) is 19.0. The van der Waals surface area contributed by atoms with Gasteiger partial charge in [-0.1, -0.05) is 18.2 Å². The average Bonchev–Trinajstić information content (AvgIpc) is 2.90. The second kappa shape index (κ2) is 5.46. The number of benzene rings is 1. The van der Waals surface area contributed by atoms with Gasteiger partial charge in [0.25, 0.3) is 0 Å². The fourth-order valence-electron chi connectivity index (χ4n) is 6.87. The van der Waals surface area contributed by atoms with Crippen LogP contribution in [0.2, 0.25) is 0 Å². The molecule has 144 valence electrons. The summed E-state index contributed by atoms with van der Waals surface area (Å²) in [7, 11) is 0. The van der Waals surface area contributed by atoms with Crippen LogP contribution < -0.4 is 11.1 Å². The Hall–Kier alpha value is -2.11. The van der Waals surface area contributed by atoms with E-state index < -0.39 is 5.54 Å². The number of hydrogen-bond acceptors (Lipinski definition) is 2. The SMILES string of the molecule is CC1(c2ccccc2F)CN(C2C3CC4CC2CC(C(N)=O)(C4)C3)C(=O)N1. The predicted octanol–water partition coefficient (Wildman–Crippen LogP) is 2.75. The number of nitrogens with zero attached hydrogens (tertiary/aromatic N) is 1. The first kappa shape index (κ1) is 17.0. The van der Waals surface area contributed by atoms with Crippen LogP contribution in [-0.2, 0) is 10.3 Å². The van der Waals surface area contributed by atoms with Gasteiger partial charge in [-0.3, -0.25) is 4.79 Å². The summed E-state index contributed by atoms with van der Waals surface area (Å²) in [6, 6.07) is 6.66. The molecule has 6 rings (SSSR count). The molecule has 0 spiro atoms. The van der Waals surface area contributed by atoms with Gasteiger partial charge in [0.15, 0.2) is 0 Å². The van der Waals surface area contributed by atoms with Gasteiger partial charge in [0.2, 0.25) is 5.91 Å². The molecule has 1 saturated heterocycles. The highest BCUT2D eigenvalue weighted by Crippen LogP contribution is 2.61. The van der Waals surface area contributed by atoms with E-state index in [9.17, 15) is 14.0 Å². The van der Waals surface area contributed by atoms with Crippen LogP contribution in [0.1, 0.15) is 44.6 Å². The summed E-state index contributed by atoms with van der Waals surface area (Å²) in [6.45, 7) is 2.35. The molecule has 1 aliphatic heterocycles. The third kappa shape index (κ3) is 2.34. The highest BCUT2D eigenvalue weighted by molar-refractivity contribution is 5.82. The van der Waals surface area contributed by atoms with E-state index in [1.54, 1.807) is 18.2 Å². The van der Waals surface area contributed by atoms with Gasteiger partial charge in [-0.2, -0.15) is 0 Å². The largest absolute Gasteiger partial charge is 0.369 e. The van der Waals surface area contributed by atoms with E-state index >= 15 is 0 Å². The Balaban J connectivity index is 1.44. The standard InChI is InChI=1S/C21H26FN3O2/c1-20(15-4-2-3-5-16(15)22)11-25(19(27)24-20)17-13-6-12-7-14(17)10-21(8-12,9-13)18(23)26/h2-5,12-14,17H,6-11H2,1H3,(H2,23,26)(H,24,27). The number of amides is 3. The second-order valence-corrected chi connectivity index (χ2v) is 9.48. The molecule has 0 radical (unpaired) electrons. The van der Waals surface area contributed by atoms with Gasteiger partial charge in [-0.05, 0) is 62.8 Å². The highest BCUT2D eigenvalue weighted by atomic mass is 19.1. The zero-order valence-corrected chi connectivity index (χ0v) is 15.6. The molecule has 3 amide bonds. The first-order valence-electron chi connectivity index (χ1n) is 9.95. The number of nitrogens with two attached hydrogens (primary N) is 1. The lowest BCUT2D eigenvalue weighted by Gasteiger charge is -2.60. The van der Waals surface area contributed by atoms with Crippen LogP contribution in [0, 0.1) is 29.0 Å². The topological polar surface area (TPSA) is 75.4 Å². The van der Waals surface area contributed by atoms with Crippen LogP contribution in [0.3, 0.4) is 0 Å². The minimum Gasteiger partial charge on any atom is -0.369 e. The number of rotatable bonds is 3. The third-order valence-corrected chi connectivity index (χ3v) is 7.70. The molecule has 5 aliphatic rings. The summed E-state index contributed by atoms with van der Waals surface area (Å²) >= 11 is 0. The van der Waals surface area contributed by atoms with Crippen molar-refractivity contribution in [2.45, 2.75) is 50.6 Å². The van der Waals surface area contributed by atoms with Gasteiger partial charge >= 0.3 is 6.03 Å². The molecule has 3 unspecified atom stereocenters. The van der Waals surface area contributed by atoms with Gasteiger partial charge in [-0.25, -0.2) is 9.18 Å². The van der Waals surface area contributed by atoms with E-state index in [1.807, 2.05) is 11.8 Å². The normalized spacial score (nSPS) is 42.4. The molecule has 0 aromatic heterocycles. The molecule has 5 nitrogen and oxygen atoms in total. The van der Waals surface area contributed by atoms with Crippen molar-refractivity contribution in [2.24, 2.45) is 28.9 Å². The van der Waals surface area contributed by atoms with E-state index in [2.05, 4.69) is 5.32 Å². The molecular weight excluding hydrogens is 345 g/mol. The van der Waals surface area contributed by atoms with Crippen molar-refractivity contribution in [3.05, 3.63) is 35.6 Å².